The Bertz CT molecular complexity index is 1080. The van der Waals surface area contributed by atoms with E-state index in [0.717, 1.165) is 18.2 Å². The summed E-state index contributed by atoms with van der Waals surface area (Å²) in [5.41, 5.74) is 5.73. The molecule has 1 aromatic heterocycles. The van der Waals surface area contributed by atoms with Crippen molar-refractivity contribution in [3.8, 4) is 0 Å². The third kappa shape index (κ3) is 6.49. The first-order valence-corrected chi connectivity index (χ1v) is 8.74. The monoisotopic (exact) mass is 433 g/mol. The van der Waals surface area contributed by atoms with E-state index in [9.17, 15) is 22.4 Å². The van der Waals surface area contributed by atoms with Crippen LogP contribution in [0.25, 0.3) is 6.08 Å². The number of ether oxygens (including phenoxy) is 1. The van der Waals surface area contributed by atoms with Gasteiger partial charge in [0, 0.05) is 11.8 Å². The van der Waals surface area contributed by atoms with E-state index in [0.29, 0.717) is 11.3 Å². The predicted molar refractivity (Wildman–Crippen MR) is 104 cm³/mol. The number of halogens is 4. The largest absolute Gasteiger partial charge is 0.454 e. The fourth-order valence-electron chi connectivity index (χ4n) is 2.35. The average Bonchev–Trinajstić information content (AvgIpc) is 2.72. The van der Waals surface area contributed by atoms with Crippen molar-refractivity contribution in [3.63, 3.8) is 0 Å². The summed E-state index contributed by atoms with van der Waals surface area (Å²) in [6.07, 6.45) is -2.06. The SMILES string of the molecule is Nc1nc(COC(=O)/C=C/c2ccc(C(F)(F)F)cc2)nc(Nc2ccc(F)cc2)n1. The molecular formula is C20H15F4N5O2. The second kappa shape index (κ2) is 9.20. The molecule has 0 saturated carbocycles. The first-order chi connectivity index (χ1) is 14.7. The first kappa shape index (κ1) is 21.7. The Morgan fingerprint density at radius 2 is 1.71 bits per heavy atom. The number of rotatable bonds is 6. The zero-order valence-corrected chi connectivity index (χ0v) is 15.7. The highest BCUT2D eigenvalue weighted by Gasteiger charge is 2.29. The van der Waals surface area contributed by atoms with Crippen molar-refractivity contribution in [2.75, 3.05) is 11.1 Å². The molecule has 0 atom stereocenters. The van der Waals surface area contributed by atoms with Gasteiger partial charge in [-0.3, -0.25) is 0 Å². The van der Waals surface area contributed by atoms with Gasteiger partial charge in [0.05, 0.1) is 5.56 Å². The summed E-state index contributed by atoms with van der Waals surface area (Å²) in [5, 5.41) is 2.82. The zero-order chi connectivity index (χ0) is 22.4. The molecule has 11 heteroatoms. The maximum Gasteiger partial charge on any atom is 0.416 e. The summed E-state index contributed by atoms with van der Waals surface area (Å²) in [7, 11) is 0. The number of nitrogens with two attached hydrogens (primary N) is 1. The zero-order valence-electron chi connectivity index (χ0n) is 15.7. The van der Waals surface area contributed by atoms with Gasteiger partial charge in [-0.25, -0.2) is 9.18 Å². The van der Waals surface area contributed by atoms with Crippen LogP contribution in [0, 0.1) is 5.82 Å². The second-order valence-corrected chi connectivity index (χ2v) is 6.13. The molecule has 0 aliphatic heterocycles. The molecule has 2 aromatic carbocycles. The summed E-state index contributed by atoms with van der Waals surface area (Å²) in [5.74, 6) is -1.14. The van der Waals surface area contributed by atoms with Gasteiger partial charge in [0.1, 0.15) is 5.82 Å². The Hall–Kier alpha value is -4.02. The molecule has 0 saturated heterocycles. The molecule has 3 N–H and O–H groups in total. The van der Waals surface area contributed by atoms with Gasteiger partial charge < -0.3 is 15.8 Å². The number of alkyl halides is 3. The molecule has 0 bridgehead atoms. The van der Waals surface area contributed by atoms with Gasteiger partial charge in [-0.05, 0) is 48.0 Å². The smallest absolute Gasteiger partial charge is 0.416 e. The van der Waals surface area contributed by atoms with Crippen LogP contribution in [0.2, 0.25) is 0 Å². The van der Waals surface area contributed by atoms with E-state index in [1.165, 1.54) is 42.5 Å². The quantitative estimate of drug-likeness (QED) is 0.343. The highest BCUT2D eigenvalue weighted by molar-refractivity contribution is 5.87. The van der Waals surface area contributed by atoms with Gasteiger partial charge >= 0.3 is 12.1 Å². The number of benzene rings is 2. The number of esters is 1. The van der Waals surface area contributed by atoms with Crippen LogP contribution >= 0.6 is 0 Å². The number of anilines is 3. The Morgan fingerprint density at radius 1 is 1.03 bits per heavy atom. The lowest BCUT2D eigenvalue weighted by molar-refractivity contribution is -0.139. The van der Waals surface area contributed by atoms with Crippen molar-refractivity contribution < 1.29 is 27.1 Å². The Kier molecular flexibility index (Phi) is 6.43. The summed E-state index contributed by atoms with van der Waals surface area (Å²) in [4.78, 5) is 23.7. The minimum Gasteiger partial charge on any atom is -0.454 e. The van der Waals surface area contributed by atoms with Crippen LogP contribution in [-0.4, -0.2) is 20.9 Å². The van der Waals surface area contributed by atoms with Gasteiger partial charge in [0.15, 0.2) is 12.4 Å². The van der Waals surface area contributed by atoms with E-state index in [4.69, 9.17) is 10.5 Å². The van der Waals surface area contributed by atoms with E-state index in [-0.39, 0.29) is 24.3 Å². The minimum atomic E-state index is -4.43. The molecule has 160 valence electrons. The van der Waals surface area contributed by atoms with E-state index < -0.39 is 23.5 Å². The average molecular weight is 433 g/mol. The lowest BCUT2D eigenvalue weighted by Crippen LogP contribution is -2.10. The van der Waals surface area contributed by atoms with Gasteiger partial charge in [0.2, 0.25) is 11.9 Å². The molecule has 0 radical (unpaired) electrons. The van der Waals surface area contributed by atoms with Gasteiger partial charge in [-0.15, -0.1) is 0 Å². The summed E-state index contributed by atoms with van der Waals surface area (Å²) in [6.45, 7) is -0.318. The molecule has 1 heterocycles. The molecule has 0 unspecified atom stereocenters. The number of hydrogen-bond donors (Lipinski definition) is 2. The number of nitrogen functional groups attached to an aromatic ring is 1. The van der Waals surface area contributed by atoms with Crippen LogP contribution in [0.3, 0.4) is 0 Å². The van der Waals surface area contributed by atoms with Crippen molar-refractivity contribution in [1.29, 1.82) is 0 Å². The fraction of sp³-hybridized carbons (Fsp3) is 0.100. The van der Waals surface area contributed by atoms with Crippen LogP contribution in [-0.2, 0) is 22.3 Å². The van der Waals surface area contributed by atoms with Crippen LogP contribution in [0.15, 0.2) is 54.6 Å². The number of carbonyl (C=O) groups is 1. The Morgan fingerprint density at radius 3 is 2.35 bits per heavy atom. The van der Waals surface area contributed by atoms with Crippen molar-refractivity contribution in [3.05, 3.63) is 77.4 Å². The topological polar surface area (TPSA) is 103 Å². The number of hydrogen-bond acceptors (Lipinski definition) is 7. The molecule has 7 nitrogen and oxygen atoms in total. The van der Waals surface area contributed by atoms with E-state index in [2.05, 4.69) is 20.3 Å². The highest BCUT2D eigenvalue weighted by atomic mass is 19.4. The molecule has 0 aliphatic rings. The van der Waals surface area contributed by atoms with E-state index in [1.54, 1.807) is 0 Å². The normalized spacial score (nSPS) is 11.5. The fourth-order valence-corrected chi connectivity index (χ4v) is 2.35. The van der Waals surface area contributed by atoms with Crippen LogP contribution < -0.4 is 11.1 Å². The number of carbonyl (C=O) groups excluding carboxylic acids is 1. The van der Waals surface area contributed by atoms with Crippen molar-refractivity contribution in [1.82, 2.24) is 15.0 Å². The highest BCUT2D eigenvalue weighted by Crippen LogP contribution is 2.29. The molecule has 0 spiro atoms. The van der Waals surface area contributed by atoms with Crippen LogP contribution in [0.5, 0.6) is 0 Å². The van der Waals surface area contributed by atoms with Crippen molar-refractivity contribution in [2.24, 2.45) is 0 Å². The third-order valence-electron chi connectivity index (χ3n) is 3.79. The molecule has 0 fully saturated rings. The summed E-state index contributed by atoms with van der Waals surface area (Å²) in [6, 6.07) is 9.72. The van der Waals surface area contributed by atoms with E-state index in [1.807, 2.05) is 0 Å². The standard InChI is InChI=1S/C20H15F4N5O2/c21-14-6-8-15(9-7-14)26-19-28-16(27-18(25)29-19)11-31-17(30)10-3-12-1-4-13(5-2-12)20(22,23)24/h1-10H,11H2,(H3,25,26,27,28,29)/b10-3+. The second-order valence-electron chi connectivity index (χ2n) is 6.13. The number of aromatic nitrogens is 3. The summed E-state index contributed by atoms with van der Waals surface area (Å²) >= 11 is 0. The maximum absolute atomic E-state index is 13.0. The van der Waals surface area contributed by atoms with E-state index >= 15 is 0 Å². The van der Waals surface area contributed by atoms with Crippen molar-refractivity contribution in [2.45, 2.75) is 12.8 Å². The number of nitrogens with zero attached hydrogens (tertiary/aromatic N) is 3. The molecule has 3 rings (SSSR count). The Labute approximate surface area is 173 Å². The molecule has 0 amide bonds. The number of nitrogens with one attached hydrogen (secondary N) is 1. The molecule has 3 aromatic rings. The lowest BCUT2D eigenvalue weighted by Gasteiger charge is -2.07. The lowest BCUT2D eigenvalue weighted by atomic mass is 10.1. The first-order valence-electron chi connectivity index (χ1n) is 8.74. The third-order valence-corrected chi connectivity index (χ3v) is 3.79. The van der Waals surface area contributed by atoms with Crippen LogP contribution in [0.1, 0.15) is 17.0 Å². The summed E-state index contributed by atoms with van der Waals surface area (Å²) < 4.78 is 55.6. The van der Waals surface area contributed by atoms with Gasteiger partial charge in [0.25, 0.3) is 0 Å². The van der Waals surface area contributed by atoms with Gasteiger partial charge in [-0.2, -0.15) is 28.1 Å². The Balaban J connectivity index is 1.58. The maximum atomic E-state index is 13.0. The predicted octanol–water partition coefficient (Wildman–Crippen LogP) is 4.11. The minimum absolute atomic E-state index is 0.0633. The van der Waals surface area contributed by atoms with Crippen LogP contribution in [0.4, 0.5) is 35.1 Å². The molecule has 31 heavy (non-hydrogen) atoms. The van der Waals surface area contributed by atoms with Crippen molar-refractivity contribution >= 4 is 29.6 Å². The molecule has 0 aliphatic carbocycles. The van der Waals surface area contributed by atoms with Gasteiger partial charge in [-0.1, -0.05) is 12.1 Å². The molecular weight excluding hydrogens is 418 g/mol.